The zero-order chi connectivity index (χ0) is 20.9. The number of nitriles is 2. The lowest BCUT2D eigenvalue weighted by Crippen LogP contribution is -2.70. The van der Waals surface area contributed by atoms with Crippen LogP contribution >= 0.6 is 0 Å². The van der Waals surface area contributed by atoms with Crippen molar-refractivity contribution < 1.29 is 9.53 Å². The normalized spacial score (nSPS) is 15.6. The highest BCUT2D eigenvalue weighted by Crippen LogP contribution is 2.22. The van der Waals surface area contributed by atoms with E-state index in [1.807, 2.05) is 50.2 Å². The van der Waals surface area contributed by atoms with Gasteiger partial charge in [0, 0.05) is 19.5 Å². The molecule has 1 saturated heterocycles. The van der Waals surface area contributed by atoms with Gasteiger partial charge in [-0.15, -0.1) is 0 Å². The lowest BCUT2D eigenvalue weighted by Gasteiger charge is -2.42. The minimum absolute atomic E-state index is 0.0712. The van der Waals surface area contributed by atoms with Gasteiger partial charge in [0.05, 0.1) is 23.8 Å². The molecule has 2 aromatic carbocycles. The summed E-state index contributed by atoms with van der Waals surface area (Å²) in [6.07, 6.45) is 0.347. The lowest BCUT2D eigenvalue weighted by atomic mass is 9.94. The fourth-order valence-electron chi connectivity index (χ4n) is 3.33. The second-order valence-electron chi connectivity index (χ2n) is 7.51. The van der Waals surface area contributed by atoms with Gasteiger partial charge in [-0.3, -0.25) is 4.79 Å². The van der Waals surface area contributed by atoms with Crippen LogP contribution in [0.1, 0.15) is 25.0 Å². The number of carbonyl (C=O) groups excluding carboxylic acids is 1. The number of carbonyl (C=O) groups is 1. The lowest BCUT2D eigenvalue weighted by molar-refractivity contribution is -0.162. The molecule has 1 fully saturated rings. The Morgan fingerprint density at radius 3 is 2.14 bits per heavy atom. The maximum absolute atomic E-state index is 12.7. The van der Waals surface area contributed by atoms with Gasteiger partial charge in [-0.25, -0.2) is 0 Å². The average molecular weight is 388 g/mol. The van der Waals surface area contributed by atoms with Crippen molar-refractivity contribution in [2.45, 2.75) is 38.0 Å². The van der Waals surface area contributed by atoms with Gasteiger partial charge < -0.3 is 15.4 Å². The molecular formula is C23H24N4O2. The van der Waals surface area contributed by atoms with Crippen molar-refractivity contribution in [2.24, 2.45) is 0 Å². The molecule has 0 aliphatic carbocycles. The molecule has 1 heterocycles. The second-order valence-corrected chi connectivity index (χ2v) is 7.51. The highest BCUT2D eigenvalue weighted by Gasteiger charge is 2.46. The van der Waals surface area contributed by atoms with Crippen LogP contribution in [0.25, 0.3) is 11.1 Å². The topological polar surface area (TPSA) is 97.9 Å². The van der Waals surface area contributed by atoms with Crippen LogP contribution < -0.4 is 10.6 Å². The van der Waals surface area contributed by atoms with Crippen LogP contribution in [0.3, 0.4) is 0 Å². The first kappa shape index (κ1) is 20.5. The maximum Gasteiger partial charge on any atom is 0.255 e. The highest BCUT2D eigenvalue weighted by atomic mass is 16.5. The number of nitrogens with one attached hydrogen (secondary N) is 2. The third-order valence-electron chi connectivity index (χ3n) is 4.90. The Labute approximate surface area is 171 Å². The molecule has 2 aromatic rings. The number of amides is 1. The Balaban J connectivity index is 1.64. The van der Waals surface area contributed by atoms with Gasteiger partial charge >= 0.3 is 0 Å². The van der Waals surface area contributed by atoms with Crippen LogP contribution in [-0.4, -0.2) is 36.7 Å². The molecule has 0 spiro atoms. The van der Waals surface area contributed by atoms with Gasteiger partial charge in [-0.2, -0.15) is 10.5 Å². The Bertz CT molecular complexity index is 933. The van der Waals surface area contributed by atoms with Crippen molar-refractivity contribution >= 4 is 5.91 Å². The van der Waals surface area contributed by atoms with Crippen molar-refractivity contribution in [1.29, 1.82) is 10.5 Å². The summed E-state index contributed by atoms with van der Waals surface area (Å²) in [6, 6.07) is 18.9. The first-order chi connectivity index (χ1) is 14.0. The molecule has 3 rings (SSSR count). The molecule has 1 aliphatic rings. The fourth-order valence-corrected chi connectivity index (χ4v) is 3.33. The van der Waals surface area contributed by atoms with E-state index in [0.29, 0.717) is 25.1 Å². The molecule has 1 aliphatic heterocycles. The molecule has 0 bridgehead atoms. The molecule has 1 amide bonds. The molecule has 6 heteroatoms. The van der Waals surface area contributed by atoms with Gasteiger partial charge in [-0.05, 0) is 42.7 Å². The Morgan fingerprint density at radius 1 is 1.10 bits per heavy atom. The molecular weight excluding hydrogens is 364 g/mol. The number of benzene rings is 2. The zero-order valence-electron chi connectivity index (χ0n) is 16.6. The van der Waals surface area contributed by atoms with Crippen LogP contribution in [0.4, 0.5) is 0 Å². The van der Waals surface area contributed by atoms with Crippen LogP contribution in [-0.2, 0) is 16.0 Å². The number of hydrogen-bond donors (Lipinski definition) is 2. The van der Waals surface area contributed by atoms with Gasteiger partial charge in [0.25, 0.3) is 5.91 Å². The van der Waals surface area contributed by atoms with Gasteiger partial charge in [-0.1, -0.05) is 36.4 Å². The van der Waals surface area contributed by atoms with Crippen LogP contribution in [0, 0.1) is 22.7 Å². The summed E-state index contributed by atoms with van der Waals surface area (Å²) in [4.78, 5) is 12.7. The van der Waals surface area contributed by atoms with Gasteiger partial charge in [0.1, 0.15) is 6.04 Å². The van der Waals surface area contributed by atoms with E-state index in [4.69, 9.17) is 10.00 Å². The predicted molar refractivity (Wildman–Crippen MR) is 110 cm³/mol. The van der Waals surface area contributed by atoms with E-state index in [-0.39, 0.29) is 12.0 Å². The molecule has 2 N–H and O–H groups in total. The summed E-state index contributed by atoms with van der Waals surface area (Å²) in [5.74, 6) is -0.245. The SMILES string of the molecule is CC(C)OC1(C(=O)N[C@H](C#N)Cc2ccc(-c3ccc(C#N)cc3)cc2)CNC1. The van der Waals surface area contributed by atoms with E-state index >= 15 is 0 Å². The van der Waals surface area contributed by atoms with E-state index in [0.717, 1.165) is 16.7 Å². The number of rotatable bonds is 7. The Kier molecular flexibility index (Phi) is 6.29. The molecule has 0 radical (unpaired) electrons. The van der Waals surface area contributed by atoms with Crippen LogP contribution in [0.5, 0.6) is 0 Å². The third-order valence-corrected chi connectivity index (χ3v) is 4.90. The summed E-state index contributed by atoms with van der Waals surface area (Å²) in [5, 5.41) is 24.3. The summed E-state index contributed by atoms with van der Waals surface area (Å²) < 4.78 is 5.81. The molecule has 0 aromatic heterocycles. The van der Waals surface area contributed by atoms with E-state index in [1.54, 1.807) is 12.1 Å². The summed E-state index contributed by atoms with van der Waals surface area (Å²) in [7, 11) is 0. The summed E-state index contributed by atoms with van der Waals surface area (Å²) in [5.41, 5.74) is 2.74. The zero-order valence-corrected chi connectivity index (χ0v) is 16.6. The first-order valence-electron chi connectivity index (χ1n) is 9.64. The standard InChI is InChI=1S/C23H24N4O2/c1-16(2)29-23(14-26-15-23)22(28)27-21(13-25)11-17-3-7-19(8-4-17)20-9-5-18(12-24)6-10-20/h3-10,16,21,26H,11,14-15H2,1-2H3,(H,27,28)/t21-/m0/s1. The van der Waals surface area contributed by atoms with Crippen LogP contribution in [0.2, 0.25) is 0 Å². The quantitative estimate of drug-likeness (QED) is 0.760. The predicted octanol–water partition coefficient (Wildman–Crippen LogP) is 2.54. The minimum Gasteiger partial charge on any atom is -0.360 e. The van der Waals surface area contributed by atoms with Crippen molar-refractivity contribution in [3.8, 4) is 23.3 Å². The first-order valence-corrected chi connectivity index (χ1v) is 9.64. The summed E-state index contributed by atoms with van der Waals surface area (Å²) in [6.45, 7) is 4.69. The maximum atomic E-state index is 12.7. The van der Waals surface area contributed by atoms with Gasteiger partial charge in [0.2, 0.25) is 0 Å². The fraction of sp³-hybridized carbons (Fsp3) is 0.348. The smallest absolute Gasteiger partial charge is 0.255 e. The van der Waals surface area contributed by atoms with Crippen molar-refractivity contribution in [1.82, 2.24) is 10.6 Å². The third kappa shape index (κ3) is 4.81. The number of hydrogen-bond acceptors (Lipinski definition) is 5. The van der Waals surface area contributed by atoms with E-state index in [1.165, 1.54) is 0 Å². The van der Waals surface area contributed by atoms with E-state index in [2.05, 4.69) is 22.8 Å². The minimum atomic E-state index is -0.886. The highest BCUT2D eigenvalue weighted by molar-refractivity contribution is 5.87. The van der Waals surface area contributed by atoms with E-state index < -0.39 is 11.6 Å². The molecule has 6 nitrogen and oxygen atoms in total. The summed E-state index contributed by atoms with van der Waals surface area (Å²) >= 11 is 0. The number of nitrogens with zero attached hydrogens (tertiary/aromatic N) is 2. The molecule has 0 unspecified atom stereocenters. The van der Waals surface area contributed by atoms with Crippen LogP contribution in [0.15, 0.2) is 48.5 Å². The molecule has 0 saturated carbocycles. The van der Waals surface area contributed by atoms with Gasteiger partial charge in [0.15, 0.2) is 5.60 Å². The Hall–Kier alpha value is -3.19. The molecule has 148 valence electrons. The molecule has 1 atom stereocenters. The average Bonchev–Trinajstić information content (AvgIpc) is 2.70. The number of ether oxygens (including phenoxy) is 1. The largest absolute Gasteiger partial charge is 0.360 e. The monoisotopic (exact) mass is 388 g/mol. The second kappa shape index (κ2) is 8.87. The Morgan fingerprint density at radius 2 is 1.69 bits per heavy atom. The molecule has 29 heavy (non-hydrogen) atoms. The van der Waals surface area contributed by atoms with Crippen molar-refractivity contribution in [3.63, 3.8) is 0 Å². The van der Waals surface area contributed by atoms with Crippen molar-refractivity contribution in [2.75, 3.05) is 13.1 Å². The van der Waals surface area contributed by atoms with Crippen molar-refractivity contribution in [3.05, 3.63) is 59.7 Å². The van der Waals surface area contributed by atoms with E-state index in [9.17, 15) is 10.1 Å².